The summed E-state index contributed by atoms with van der Waals surface area (Å²) in [6.07, 6.45) is 3.53. The van der Waals surface area contributed by atoms with Crippen molar-refractivity contribution in [1.29, 1.82) is 0 Å². The van der Waals surface area contributed by atoms with Crippen LogP contribution in [0, 0.1) is 22.5 Å². The van der Waals surface area contributed by atoms with Crippen molar-refractivity contribution in [3.63, 3.8) is 0 Å². The van der Waals surface area contributed by atoms with E-state index in [9.17, 15) is 14.4 Å². The van der Waals surface area contributed by atoms with Gasteiger partial charge in [0.25, 0.3) is 11.8 Å². The average molecular weight is 754 g/mol. The van der Waals surface area contributed by atoms with Crippen LogP contribution in [0.3, 0.4) is 0 Å². The van der Waals surface area contributed by atoms with Crippen molar-refractivity contribution in [2.45, 2.75) is 57.8 Å². The summed E-state index contributed by atoms with van der Waals surface area (Å²) in [7, 11) is 0. The number of esters is 1. The standard InChI is InChI=1S/C32H32IN7O5S/c1-17-15-46-31(34-17)32(16-39-29(42)19-7-3-4-8-20(19)30(39)43)21-10-11-38(13-22(21)32)27-23(14-45-18(2)41)35-25-26(33)37-40(28(25)36-27)24-9-5-6-12-44-24/h3-4,7-8,15,21-22,24H,5-6,9-14,16H2,1-2H3. The number of nitrogens with zero attached hydrogens (tertiary/aromatic N) is 7. The van der Waals surface area contributed by atoms with Crippen LogP contribution in [0.5, 0.6) is 0 Å². The molecular weight excluding hydrogens is 721 g/mol. The van der Waals surface area contributed by atoms with Crippen LogP contribution in [0.15, 0.2) is 29.6 Å². The predicted octanol–water partition coefficient (Wildman–Crippen LogP) is 4.65. The highest BCUT2D eigenvalue weighted by molar-refractivity contribution is 14.1. The zero-order valence-corrected chi connectivity index (χ0v) is 28.4. The van der Waals surface area contributed by atoms with Crippen molar-refractivity contribution in [3.05, 3.63) is 60.9 Å². The Bertz CT molecular complexity index is 1870. The number of anilines is 1. The minimum absolute atomic E-state index is 0.00868. The quantitative estimate of drug-likeness (QED) is 0.149. The molecule has 4 unspecified atom stereocenters. The van der Waals surface area contributed by atoms with E-state index in [1.54, 1.807) is 35.6 Å². The molecule has 1 aliphatic carbocycles. The summed E-state index contributed by atoms with van der Waals surface area (Å²) in [5, 5.41) is 7.76. The summed E-state index contributed by atoms with van der Waals surface area (Å²) in [5.74, 6) is 0.130. The van der Waals surface area contributed by atoms with Crippen LogP contribution in [0.25, 0.3) is 11.2 Å². The smallest absolute Gasteiger partial charge is 0.303 e. The molecule has 2 saturated heterocycles. The summed E-state index contributed by atoms with van der Waals surface area (Å²) >= 11 is 3.77. The summed E-state index contributed by atoms with van der Waals surface area (Å²) in [4.78, 5) is 57.5. The third-order valence-electron chi connectivity index (χ3n) is 9.82. The number of piperidine rings is 1. The number of hydrogen-bond acceptors (Lipinski definition) is 11. The lowest BCUT2D eigenvalue weighted by Gasteiger charge is -2.29. The maximum atomic E-state index is 13.5. The van der Waals surface area contributed by atoms with Crippen molar-refractivity contribution < 1.29 is 23.9 Å². The molecule has 4 aliphatic rings. The number of benzene rings is 1. The average Bonchev–Trinajstić information content (AvgIpc) is 3.26. The number of fused-ring (bicyclic) bond motifs is 3. The lowest BCUT2D eigenvalue weighted by molar-refractivity contribution is -0.142. The van der Waals surface area contributed by atoms with Gasteiger partial charge in [-0.2, -0.15) is 5.10 Å². The van der Waals surface area contributed by atoms with E-state index in [1.165, 1.54) is 11.8 Å². The second-order valence-corrected chi connectivity index (χ2v) is 14.4. The number of carbonyl (C=O) groups excluding carboxylic acids is 3. The molecule has 8 rings (SSSR count). The number of aryl methyl sites for hydroxylation is 1. The Morgan fingerprint density at radius 2 is 1.89 bits per heavy atom. The minimum Gasteiger partial charge on any atom is -0.459 e. The molecule has 0 N–H and O–H groups in total. The third kappa shape index (κ3) is 4.74. The molecule has 4 atom stereocenters. The van der Waals surface area contributed by atoms with Crippen LogP contribution >= 0.6 is 33.9 Å². The molecule has 3 fully saturated rings. The maximum Gasteiger partial charge on any atom is 0.303 e. The number of ether oxygens (including phenoxy) is 2. The first-order chi connectivity index (χ1) is 22.3. The van der Waals surface area contributed by atoms with Gasteiger partial charge in [0.1, 0.15) is 22.8 Å². The third-order valence-corrected chi connectivity index (χ3v) is 11.7. The van der Waals surface area contributed by atoms with Gasteiger partial charge < -0.3 is 14.4 Å². The fourth-order valence-corrected chi connectivity index (χ4v) is 9.29. The number of aromatic nitrogens is 5. The molecule has 2 amide bonds. The van der Waals surface area contributed by atoms with E-state index in [0.29, 0.717) is 57.2 Å². The monoisotopic (exact) mass is 753 g/mol. The first kappa shape index (κ1) is 29.9. The fourth-order valence-electron chi connectivity index (χ4n) is 7.58. The molecule has 238 valence electrons. The molecule has 3 aliphatic heterocycles. The second-order valence-electron chi connectivity index (χ2n) is 12.5. The van der Waals surface area contributed by atoms with Gasteiger partial charge in [-0.1, -0.05) is 12.1 Å². The van der Waals surface area contributed by atoms with E-state index in [1.807, 2.05) is 17.0 Å². The Morgan fingerprint density at radius 1 is 1.11 bits per heavy atom. The molecule has 0 bridgehead atoms. The molecule has 1 aromatic carbocycles. The van der Waals surface area contributed by atoms with Crippen LogP contribution < -0.4 is 4.90 Å². The first-order valence-corrected chi connectivity index (χ1v) is 17.5. The molecule has 3 aromatic heterocycles. The fraction of sp³-hybridized carbons (Fsp3) is 0.469. The number of hydrogen-bond donors (Lipinski definition) is 0. The Kier molecular flexibility index (Phi) is 7.36. The van der Waals surface area contributed by atoms with Crippen LogP contribution in [-0.4, -0.2) is 73.7 Å². The predicted molar refractivity (Wildman–Crippen MR) is 176 cm³/mol. The van der Waals surface area contributed by atoms with Crippen LogP contribution in [-0.2, 0) is 26.3 Å². The normalized spacial score (nSPS) is 25.6. The van der Waals surface area contributed by atoms with E-state index in [4.69, 9.17) is 29.5 Å². The molecule has 14 heteroatoms. The zero-order valence-electron chi connectivity index (χ0n) is 25.4. The largest absolute Gasteiger partial charge is 0.459 e. The molecule has 0 spiro atoms. The van der Waals surface area contributed by atoms with Gasteiger partial charge in [-0.05, 0) is 79.2 Å². The van der Waals surface area contributed by atoms with Crippen molar-refractivity contribution >= 4 is 68.7 Å². The van der Waals surface area contributed by atoms with E-state index in [-0.39, 0.29) is 43.0 Å². The lowest BCUT2D eigenvalue weighted by Crippen LogP contribution is -2.39. The van der Waals surface area contributed by atoms with E-state index >= 15 is 0 Å². The van der Waals surface area contributed by atoms with Crippen molar-refractivity contribution in [2.75, 3.05) is 31.1 Å². The van der Waals surface area contributed by atoms with Gasteiger partial charge in [-0.15, -0.1) is 11.3 Å². The van der Waals surface area contributed by atoms with Gasteiger partial charge in [-0.25, -0.2) is 19.6 Å². The zero-order chi connectivity index (χ0) is 31.7. The molecule has 12 nitrogen and oxygen atoms in total. The van der Waals surface area contributed by atoms with E-state index < -0.39 is 11.4 Å². The summed E-state index contributed by atoms with van der Waals surface area (Å²) in [6.45, 7) is 5.62. The summed E-state index contributed by atoms with van der Waals surface area (Å²) in [5.41, 5.74) is 3.24. The number of halogens is 1. The highest BCUT2D eigenvalue weighted by Gasteiger charge is 2.69. The number of rotatable bonds is 7. The molecule has 4 aromatic rings. The summed E-state index contributed by atoms with van der Waals surface area (Å²) < 4.78 is 14.1. The molecule has 6 heterocycles. The first-order valence-electron chi connectivity index (χ1n) is 15.6. The van der Waals surface area contributed by atoms with Gasteiger partial charge in [-0.3, -0.25) is 19.3 Å². The Balaban J connectivity index is 1.15. The van der Waals surface area contributed by atoms with Crippen molar-refractivity contribution in [1.82, 2.24) is 29.6 Å². The maximum absolute atomic E-state index is 13.5. The van der Waals surface area contributed by atoms with E-state index in [2.05, 4.69) is 27.5 Å². The summed E-state index contributed by atoms with van der Waals surface area (Å²) in [6, 6.07) is 7.03. The highest BCUT2D eigenvalue weighted by Crippen LogP contribution is 2.65. The minimum atomic E-state index is -0.457. The SMILES string of the molecule is CC(=O)OCc1nc2c(I)nn(C3CCCCO3)c2nc1N1CCC2C(C1)C2(CN1C(=O)c2ccccc2C1=O)c1nc(C)cs1. The Hall–Kier alpha value is -3.50. The highest BCUT2D eigenvalue weighted by atomic mass is 127. The molecule has 46 heavy (non-hydrogen) atoms. The second kappa shape index (κ2) is 11.3. The lowest BCUT2D eigenvalue weighted by atomic mass is 10.0. The topological polar surface area (TPSA) is 133 Å². The molecular formula is C32H32IN7O5S. The molecule has 0 radical (unpaired) electrons. The number of thiazole rings is 1. The van der Waals surface area contributed by atoms with Gasteiger partial charge in [0.05, 0.1) is 11.1 Å². The number of carbonyl (C=O) groups is 3. The van der Waals surface area contributed by atoms with Crippen LogP contribution in [0.2, 0.25) is 0 Å². The van der Waals surface area contributed by atoms with Gasteiger partial charge in [0.15, 0.2) is 21.4 Å². The van der Waals surface area contributed by atoms with Crippen molar-refractivity contribution in [2.24, 2.45) is 11.8 Å². The van der Waals surface area contributed by atoms with Crippen molar-refractivity contribution in [3.8, 4) is 0 Å². The van der Waals surface area contributed by atoms with Gasteiger partial charge in [0, 0.05) is 49.7 Å². The number of imide groups is 1. The van der Waals surface area contributed by atoms with Gasteiger partial charge >= 0.3 is 5.97 Å². The van der Waals surface area contributed by atoms with E-state index in [0.717, 1.165) is 36.4 Å². The van der Waals surface area contributed by atoms with Crippen LogP contribution in [0.4, 0.5) is 5.82 Å². The van der Waals surface area contributed by atoms with Crippen LogP contribution in [0.1, 0.15) is 75.9 Å². The Labute approximate surface area is 282 Å². The number of amides is 2. The van der Waals surface area contributed by atoms with Gasteiger partial charge in [0.2, 0.25) is 0 Å². The Morgan fingerprint density at radius 3 is 2.57 bits per heavy atom. The molecule has 1 saturated carbocycles.